The van der Waals surface area contributed by atoms with Crippen LogP contribution in [0.3, 0.4) is 0 Å². The van der Waals surface area contributed by atoms with Crippen molar-refractivity contribution in [2.45, 2.75) is 40.5 Å². The molecule has 0 aromatic heterocycles. The summed E-state index contributed by atoms with van der Waals surface area (Å²) in [6.07, 6.45) is 2.75. The normalized spacial score (nSPS) is 30.2. The summed E-state index contributed by atoms with van der Waals surface area (Å²) in [6, 6.07) is 0. The van der Waals surface area contributed by atoms with E-state index in [0.29, 0.717) is 5.41 Å². The SMILES string of the molecule is CC(C)C1CCNCC(C)(C)C1. The minimum Gasteiger partial charge on any atom is -0.316 e. The molecule has 0 radical (unpaired) electrons. The summed E-state index contributed by atoms with van der Waals surface area (Å²) < 4.78 is 0. The van der Waals surface area contributed by atoms with Gasteiger partial charge in [0.15, 0.2) is 0 Å². The Balaban J connectivity index is 2.54. The van der Waals surface area contributed by atoms with Gasteiger partial charge in [-0.3, -0.25) is 0 Å². The lowest BCUT2D eigenvalue weighted by molar-refractivity contribution is 0.241. The molecule has 0 amide bonds. The van der Waals surface area contributed by atoms with E-state index < -0.39 is 0 Å². The first-order chi connectivity index (χ1) is 5.51. The predicted octanol–water partition coefficient (Wildman–Crippen LogP) is 2.67. The molecule has 1 heteroatoms. The zero-order chi connectivity index (χ0) is 9.19. The highest BCUT2D eigenvalue weighted by atomic mass is 14.9. The van der Waals surface area contributed by atoms with Crippen LogP contribution < -0.4 is 5.32 Å². The van der Waals surface area contributed by atoms with E-state index in [9.17, 15) is 0 Å². The third-order valence-corrected chi connectivity index (χ3v) is 3.05. The van der Waals surface area contributed by atoms with E-state index >= 15 is 0 Å². The summed E-state index contributed by atoms with van der Waals surface area (Å²) >= 11 is 0. The van der Waals surface area contributed by atoms with Crippen LogP contribution in [0.5, 0.6) is 0 Å². The lowest BCUT2D eigenvalue weighted by Gasteiger charge is -2.28. The molecule has 0 bridgehead atoms. The minimum atomic E-state index is 0.505. The van der Waals surface area contributed by atoms with Gasteiger partial charge >= 0.3 is 0 Å². The molecule has 1 N–H and O–H groups in total. The van der Waals surface area contributed by atoms with Gasteiger partial charge in [-0.05, 0) is 36.6 Å². The summed E-state index contributed by atoms with van der Waals surface area (Å²) in [4.78, 5) is 0. The van der Waals surface area contributed by atoms with E-state index in [-0.39, 0.29) is 0 Å². The fourth-order valence-corrected chi connectivity index (χ4v) is 2.17. The molecule has 1 atom stereocenters. The van der Waals surface area contributed by atoms with Crippen molar-refractivity contribution in [3.05, 3.63) is 0 Å². The third kappa shape index (κ3) is 2.78. The Hall–Kier alpha value is -0.0400. The molecule has 72 valence electrons. The average molecular weight is 169 g/mol. The molecule has 0 aromatic rings. The summed E-state index contributed by atoms with van der Waals surface area (Å²) in [6.45, 7) is 11.9. The van der Waals surface area contributed by atoms with Crippen LogP contribution in [0.1, 0.15) is 40.5 Å². The molecule has 1 unspecified atom stereocenters. The second kappa shape index (κ2) is 3.78. The molecule has 1 saturated heterocycles. The molecule has 1 aliphatic heterocycles. The monoisotopic (exact) mass is 169 g/mol. The number of hydrogen-bond acceptors (Lipinski definition) is 1. The Labute approximate surface area is 76.9 Å². The standard InChI is InChI=1S/C11H23N/c1-9(2)10-5-6-12-8-11(3,4)7-10/h9-10,12H,5-8H2,1-4H3. The Morgan fingerprint density at radius 3 is 2.58 bits per heavy atom. The highest BCUT2D eigenvalue weighted by Crippen LogP contribution is 2.32. The van der Waals surface area contributed by atoms with Crippen LogP contribution in [0.4, 0.5) is 0 Å². The van der Waals surface area contributed by atoms with Crippen molar-refractivity contribution >= 4 is 0 Å². The second-order valence-electron chi connectivity index (χ2n) is 5.34. The first-order valence-electron chi connectivity index (χ1n) is 5.22. The van der Waals surface area contributed by atoms with E-state index in [1.807, 2.05) is 0 Å². The van der Waals surface area contributed by atoms with Crippen molar-refractivity contribution in [1.82, 2.24) is 5.32 Å². The highest BCUT2D eigenvalue weighted by Gasteiger charge is 2.27. The van der Waals surface area contributed by atoms with Crippen molar-refractivity contribution < 1.29 is 0 Å². The van der Waals surface area contributed by atoms with Crippen LogP contribution in [0.2, 0.25) is 0 Å². The maximum atomic E-state index is 3.52. The zero-order valence-electron chi connectivity index (χ0n) is 8.98. The zero-order valence-corrected chi connectivity index (χ0v) is 8.98. The van der Waals surface area contributed by atoms with Gasteiger partial charge in [0, 0.05) is 6.54 Å². The Kier molecular flexibility index (Phi) is 3.16. The van der Waals surface area contributed by atoms with Gasteiger partial charge in [-0.15, -0.1) is 0 Å². The lowest BCUT2D eigenvalue weighted by Crippen LogP contribution is -2.27. The second-order valence-corrected chi connectivity index (χ2v) is 5.34. The van der Waals surface area contributed by atoms with E-state index in [0.717, 1.165) is 11.8 Å². The van der Waals surface area contributed by atoms with E-state index in [1.54, 1.807) is 0 Å². The third-order valence-electron chi connectivity index (χ3n) is 3.05. The van der Waals surface area contributed by atoms with E-state index in [1.165, 1.54) is 25.9 Å². The highest BCUT2D eigenvalue weighted by molar-refractivity contribution is 4.81. The topological polar surface area (TPSA) is 12.0 Å². The number of hydrogen-bond donors (Lipinski definition) is 1. The van der Waals surface area contributed by atoms with Gasteiger partial charge in [-0.2, -0.15) is 0 Å². The molecule has 12 heavy (non-hydrogen) atoms. The van der Waals surface area contributed by atoms with E-state index in [2.05, 4.69) is 33.0 Å². The molecule has 1 rings (SSSR count). The van der Waals surface area contributed by atoms with Crippen molar-refractivity contribution in [1.29, 1.82) is 0 Å². The fourth-order valence-electron chi connectivity index (χ4n) is 2.17. The van der Waals surface area contributed by atoms with Crippen LogP contribution in [-0.2, 0) is 0 Å². The van der Waals surface area contributed by atoms with Crippen LogP contribution in [0.15, 0.2) is 0 Å². The van der Waals surface area contributed by atoms with Gasteiger partial charge < -0.3 is 5.32 Å². The van der Waals surface area contributed by atoms with Gasteiger partial charge in [-0.25, -0.2) is 0 Å². The maximum Gasteiger partial charge on any atom is 0.000262 e. The molecular weight excluding hydrogens is 146 g/mol. The molecule has 0 saturated carbocycles. The quantitative estimate of drug-likeness (QED) is 0.636. The Morgan fingerprint density at radius 2 is 2.00 bits per heavy atom. The first-order valence-corrected chi connectivity index (χ1v) is 5.22. The average Bonchev–Trinajstić information content (AvgIpc) is 2.10. The summed E-state index contributed by atoms with van der Waals surface area (Å²) in [7, 11) is 0. The van der Waals surface area contributed by atoms with Crippen LogP contribution in [0.25, 0.3) is 0 Å². The maximum absolute atomic E-state index is 3.52. The van der Waals surface area contributed by atoms with Gasteiger partial charge in [0.05, 0.1) is 0 Å². The molecule has 1 heterocycles. The Bertz CT molecular complexity index is 138. The first kappa shape index (κ1) is 10.0. The van der Waals surface area contributed by atoms with Gasteiger partial charge in [0.25, 0.3) is 0 Å². The van der Waals surface area contributed by atoms with Gasteiger partial charge in [0.2, 0.25) is 0 Å². The minimum absolute atomic E-state index is 0.505. The van der Waals surface area contributed by atoms with Gasteiger partial charge in [0.1, 0.15) is 0 Å². The molecule has 0 spiro atoms. The predicted molar refractivity (Wildman–Crippen MR) is 54.2 cm³/mol. The number of nitrogens with one attached hydrogen (secondary N) is 1. The Morgan fingerprint density at radius 1 is 1.33 bits per heavy atom. The van der Waals surface area contributed by atoms with Crippen LogP contribution in [-0.4, -0.2) is 13.1 Å². The van der Waals surface area contributed by atoms with E-state index in [4.69, 9.17) is 0 Å². The van der Waals surface area contributed by atoms with Crippen molar-refractivity contribution in [3.63, 3.8) is 0 Å². The smallest absolute Gasteiger partial charge is 0.000262 e. The van der Waals surface area contributed by atoms with Gasteiger partial charge in [-0.1, -0.05) is 27.7 Å². The van der Waals surface area contributed by atoms with Crippen LogP contribution >= 0.6 is 0 Å². The molecule has 1 nitrogen and oxygen atoms in total. The van der Waals surface area contributed by atoms with Crippen molar-refractivity contribution in [2.24, 2.45) is 17.3 Å². The molecule has 1 aliphatic rings. The summed E-state index contributed by atoms with van der Waals surface area (Å²) in [5.41, 5.74) is 0.505. The lowest BCUT2D eigenvalue weighted by atomic mass is 9.78. The molecule has 0 aromatic carbocycles. The molecule has 0 aliphatic carbocycles. The van der Waals surface area contributed by atoms with Crippen molar-refractivity contribution in [3.8, 4) is 0 Å². The molecule has 1 fully saturated rings. The summed E-state index contributed by atoms with van der Waals surface area (Å²) in [5, 5.41) is 3.52. The largest absolute Gasteiger partial charge is 0.316 e. The van der Waals surface area contributed by atoms with Crippen molar-refractivity contribution in [2.75, 3.05) is 13.1 Å². The number of rotatable bonds is 1. The molecular formula is C11H23N. The van der Waals surface area contributed by atoms with Crippen LogP contribution in [0, 0.1) is 17.3 Å². The fraction of sp³-hybridized carbons (Fsp3) is 1.00. The summed E-state index contributed by atoms with van der Waals surface area (Å²) in [5.74, 6) is 1.78.